The Morgan fingerprint density at radius 2 is 2.05 bits per heavy atom. The average molecular weight is 301 g/mol. The molecule has 0 bridgehead atoms. The molecule has 1 aromatic heterocycles. The molecule has 1 amide bonds. The zero-order valence-corrected chi connectivity index (χ0v) is 12.1. The normalized spacial score (nSPS) is 19.0. The van der Waals surface area contributed by atoms with E-state index in [1.54, 1.807) is 0 Å². The first kappa shape index (κ1) is 15.8. The predicted molar refractivity (Wildman–Crippen MR) is 72.5 cm³/mol. The smallest absolute Gasteiger partial charge is 0.349 e. The fourth-order valence-electron chi connectivity index (χ4n) is 2.67. The number of nitrogens with zero attached hydrogens (tertiary/aromatic N) is 3. The second kappa shape index (κ2) is 6.05. The molecular formula is C13H21F2N5O. The van der Waals surface area contributed by atoms with E-state index in [2.05, 4.69) is 15.6 Å². The lowest BCUT2D eigenvalue weighted by atomic mass is 9.91. The molecule has 8 heteroatoms. The number of halogens is 2. The lowest BCUT2D eigenvalue weighted by molar-refractivity contribution is -0.148. The van der Waals surface area contributed by atoms with Crippen molar-refractivity contribution >= 4 is 5.91 Å². The first-order chi connectivity index (χ1) is 9.85. The zero-order valence-electron chi connectivity index (χ0n) is 12.1. The van der Waals surface area contributed by atoms with E-state index in [1.165, 1.54) is 7.05 Å². The second-order valence-electron chi connectivity index (χ2n) is 5.78. The number of aromatic nitrogens is 3. The number of carbonyl (C=O) groups is 1. The van der Waals surface area contributed by atoms with Gasteiger partial charge in [0.05, 0.1) is 6.20 Å². The van der Waals surface area contributed by atoms with Gasteiger partial charge in [-0.2, -0.15) is 8.78 Å². The summed E-state index contributed by atoms with van der Waals surface area (Å²) in [5, 5.41) is 9.09. The van der Waals surface area contributed by atoms with Gasteiger partial charge in [-0.3, -0.25) is 4.79 Å². The van der Waals surface area contributed by atoms with Crippen molar-refractivity contribution in [3.05, 3.63) is 11.9 Å². The molecule has 21 heavy (non-hydrogen) atoms. The molecule has 0 saturated heterocycles. The third kappa shape index (κ3) is 3.55. The Kier molecular flexibility index (Phi) is 4.55. The van der Waals surface area contributed by atoms with E-state index in [0.717, 1.165) is 49.4 Å². The Labute approximate surface area is 122 Å². The molecule has 118 valence electrons. The number of hydrogen-bond acceptors (Lipinski definition) is 4. The minimum Gasteiger partial charge on any atom is -0.349 e. The van der Waals surface area contributed by atoms with Crippen LogP contribution in [-0.4, -0.2) is 33.0 Å². The summed E-state index contributed by atoms with van der Waals surface area (Å²) in [4.78, 5) is 11.8. The van der Waals surface area contributed by atoms with Crippen LogP contribution in [0.4, 0.5) is 8.78 Å². The van der Waals surface area contributed by atoms with Crippen LogP contribution in [0.3, 0.4) is 0 Å². The number of alkyl halides is 2. The van der Waals surface area contributed by atoms with Crippen LogP contribution in [0.2, 0.25) is 0 Å². The number of amides is 1. The maximum absolute atomic E-state index is 14.0. The van der Waals surface area contributed by atoms with Gasteiger partial charge in [-0.1, -0.05) is 30.9 Å². The maximum atomic E-state index is 14.0. The Morgan fingerprint density at radius 1 is 1.43 bits per heavy atom. The number of aryl methyl sites for hydroxylation is 1. The van der Waals surface area contributed by atoms with Gasteiger partial charge in [0, 0.05) is 19.1 Å². The number of carbonyl (C=O) groups excluding carboxylic acids is 1. The molecule has 2 rings (SSSR count). The van der Waals surface area contributed by atoms with Crippen LogP contribution in [-0.2, 0) is 17.8 Å². The van der Waals surface area contributed by atoms with Gasteiger partial charge in [-0.15, -0.1) is 5.10 Å². The van der Waals surface area contributed by atoms with Crippen molar-refractivity contribution in [2.75, 3.05) is 6.54 Å². The number of nitrogens with one attached hydrogen (secondary N) is 1. The average Bonchev–Trinajstić information content (AvgIpc) is 2.75. The van der Waals surface area contributed by atoms with Crippen LogP contribution < -0.4 is 11.1 Å². The van der Waals surface area contributed by atoms with Crippen molar-refractivity contribution < 1.29 is 13.6 Å². The topological polar surface area (TPSA) is 85.8 Å². The Hall–Kier alpha value is -1.57. The summed E-state index contributed by atoms with van der Waals surface area (Å²) >= 11 is 0. The highest BCUT2D eigenvalue weighted by Crippen LogP contribution is 2.28. The molecule has 0 unspecified atom stereocenters. The van der Waals surface area contributed by atoms with E-state index in [0.29, 0.717) is 0 Å². The van der Waals surface area contributed by atoms with Gasteiger partial charge in [0.15, 0.2) is 0 Å². The first-order valence-electron chi connectivity index (χ1n) is 7.15. The molecule has 6 nitrogen and oxygen atoms in total. The van der Waals surface area contributed by atoms with E-state index in [1.807, 2.05) is 0 Å². The van der Waals surface area contributed by atoms with Crippen molar-refractivity contribution in [1.29, 1.82) is 0 Å². The highest BCUT2D eigenvalue weighted by molar-refractivity contribution is 5.84. The molecule has 0 aromatic carbocycles. The molecule has 0 atom stereocenters. The van der Waals surface area contributed by atoms with Crippen molar-refractivity contribution in [1.82, 2.24) is 20.3 Å². The highest BCUT2D eigenvalue weighted by atomic mass is 19.3. The molecule has 1 fully saturated rings. The molecule has 0 aliphatic heterocycles. The minimum atomic E-state index is -3.67. The molecular weight excluding hydrogens is 280 g/mol. The Morgan fingerprint density at radius 3 is 2.57 bits per heavy atom. The summed E-state index contributed by atoms with van der Waals surface area (Å²) in [6, 6.07) is 0. The number of hydrogen-bond donors (Lipinski definition) is 2. The summed E-state index contributed by atoms with van der Waals surface area (Å²) in [7, 11) is 1.32. The fraction of sp³-hybridized carbons (Fsp3) is 0.769. The summed E-state index contributed by atoms with van der Waals surface area (Å²) in [5.41, 5.74) is 5.08. The van der Waals surface area contributed by atoms with Crippen molar-refractivity contribution in [3.8, 4) is 0 Å². The van der Waals surface area contributed by atoms with Crippen LogP contribution in [0.25, 0.3) is 0 Å². The van der Waals surface area contributed by atoms with Crippen molar-refractivity contribution in [2.24, 2.45) is 12.8 Å². The Balaban J connectivity index is 1.99. The quantitative estimate of drug-likeness (QED) is 0.815. The van der Waals surface area contributed by atoms with Crippen LogP contribution in [0, 0.1) is 0 Å². The molecule has 1 saturated carbocycles. The zero-order chi connectivity index (χ0) is 15.5. The van der Waals surface area contributed by atoms with Gasteiger partial charge >= 0.3 is 5.92 Å². The molecule has 3 N–H and O–H groups in total. The van der Waals surface area contributed by atoms with Gasteiger partial charge in [-0.25, -0.2) is 4.68 Å². The van der Waals surface area contributed by atoms with Crippen LogP contribution >= 0.6 is 0 Å². The van der Waals surface area contributed by atoms with E-state index in [4.69, 9.17) is 5.73 Å². The molecule has 1 heterocycles. The maximum Gasteiger partial charge on any atom is 0.367 e. The summed E-state index contributed by atoms with van der Waals surface area (Å²) < 4.78 is 29.0. The lowest BCUT2D eigenvalue weighted by Crippen LogP contribution is -2.52. The monoisotopic (exact) mass is 301 g/mol. The second-order valence-corrected chi connectivity index (χ2v) is 5.78. The standard InChI is InChI=1S/C13H21F2N5O/c1-20-10(8-18-19-20)13(14,15)11(21)17-9-12(16)6-4-2-3-5-7-12/h8H,2-7,9,16H2,1H3,(H,17,21). The molecule has 0 spiro atoms. The molecule has 0 radical (unpaired) electrons. The minimum absolute atomic E-state index is 0.0622. The SMILES string of the molecule is Cn1nncc1C(F)(F)C(=O)NCC1(N)CCCCCC1. The van der Waals surface area contributed by atoms with E-state index in [-0.39, 0.29) is 6.54 Å². The van der Waals surface area contributed by atoms with Crippen LogP contribution in [0.1, 0.15) is 44.2 Å². The summed E-state index contributed by atoms with van der Waals surface area (Å²) in [6.07, 6.45) is 6.51. The number of nitrogens with two attached hydrogens (primary N) is 1. The van der Waals surface area contributed by atoms with Gasteiger partial charge in [0.1, 0.15) is 5.69 Å². The van der Waals surface area contributed by atoms with Crippen LogP contribution in [0.15, 0.2) is 6.20 Å². The molecule has 1 aromatic rings. The van der Waals surface area contributed by atoms with Crippen LogP contribution in [0.5, 0.6) is 0 Å². The van der Waals surface area contributed by atoms with E-state index in [9.17, 15) is 13.6 Å². The fourth-order valence-corrected chi connectivity index (χ4v) is 2.67. The highest BCUT2D eigenvalue weighted by Gasteiger charge is 2.44. The summed E-state index contributed by atoms with van der Waals surface area (Å²) in [6.45, 7) is 0.0622. The lowest BCUT2D eigenvalue weighted by Gasteiger charge is -2.29. The predicted octanol–water partition coefficient (Wildman–Crippen LogP) is 1.07. The third-order valence-corrected chi connectivity index (χ3v) is 4.02. The van der Waals surface area contributed by atoms with E-state index < -0.39 is 23.1 Å². The Bertz CT molecular complexity index is 495. The number of rotatable bonds is 4. The summed E-state index contributed by atoms with van der Waals surface area (Å²) in [5.74, 6) is -5.03. The third-order valence-electron chi connectivity index (χ3n) is 4.02. The van der Waals surface area contributed by atoms with Gasteiger partial charge in [0.25, 0.3) is 5.91 Å². The van der Waals surface area contributed by atoms with E-state index >= 15 is 0 Å². The van der Waals surface area contributed by atoms with Gasteiger partial charge in [0.2, 0.25) is 0 Å². The van der Waals surface area contributed by atoms with Crippen molar-refractivity contribution in [2.45, 2.75) is 50.0 Å². The van der Waals surface area contributed by atoms with Gasteiger partial charge in [-0.05, 0) is 12.8 Å². The first-order valence-corrected chi connectivity index (χ1v) is 7.15. The van der Waals surface area contributed by atoms with Gasteiger partial charge < -0.3 is 11.1 Å². The largest absolute Gasteiger partial charge is 0.367 e. The molecule has 1 aliphatic carbocycles. The van der Waals surface area contributed by atoms with Crippen molar-refractivity contribution in [3.63, 3.8) is 0 Å². The molecule has 1 aliphatic rings.